The number of amides is 1. The highest BCUT2D eigenvalue weighted by Gasteiger charge is 2.01. The second-order valence-corrected chi connectivity index (χ2v) is 7.28. The summed E-state index contributed by atoms with van der Waals surface area (Å²) in [5.41, 5.74) is 0. The monoisotopic (exact) mass is 326 g/mol. The van der Waals surface area contributed by atoms with E-state index in [1.807, 2.05) is 7.05 Å². The van der Waals surface area contributed by atoms with E-state index < -0.39 is 0 Å². The molecule has 0 saturated carbocycles. The number of carbonyl (C=O) groups excluding carboxylic acids is 1. The molecule has 0 aliphatic carbocycles. The molecule has 23 heavy (non-hydrogen) atoms. The van der Waals surface area contributed by atoms with E-state index in [1.54, 1.807) is 0 Å². The number of rotatable bonds is 17. The summed E-state index contributed by atoms with van der Waals surface area (Å²) in [6, 6.07) is 0. The topological polar surface area (TPSA) is 41.1 Å². The molecule has 0 aliphatic heterocycles. The van der Waals surface area contributed by atoms with Crippen molar-refractivity contribution in [3.63, 3.8) is 0 Å². The van der Waals surface area contributed by atoms with Gasteiger partial charge in [0.1, 0.15) is 0 Å². The summed E-state index contributed by atoms with van der Waals surface area (Å²) in [4.78, 5) is 11.7. The fourth-order valence-corrected chi connectivity index (χ4v) is 2.82. The Morgan fingerprint density at radius 1 is 0.739 bits per heavy atom. The van der Waals surface area contributed by atoms with Gasteiger partial charge in [0.15, 0.2) is 0 Å². The van der Waals surface area contributed by atoms with E-state index in [-0.39, 0.29) is 5.91 Å². The first-order valence-corrected chi connectivity index (χ1v) is 10.1. The highest BCUT2D eigenvalue weighted by Crippen LogP contribution is 2.10. The van der Waals surface area contributed by atoms with E-state index in [4.69, 9.17) is 0 Å². The van der Waals surface area contributed by atoms with Gasteiger partial charge in [-0.1, -0.05) is 71.6 Å². The predicted octanol–water partition coefficient (Wildman–Crippen LogP) is 5.05. The molecular formula is C20H42N2O. The second-order valence-electron chi connectivity index (χ2n) is 7.28. The van der Waals surface area contributed by atoms with E-state index >= 15 is 0 Å². The van der Waals surface area contributed by atoms with E-state index in [2.05, 4.69) is 24.5 Å². The Morgan fingerprint density at radius 2 is 1.26 bits per heavy atom. The zero-order valence-corrected chi connectivity index (χ0v) is 16.1. The van der Waals surface area contributed by atoms with Crippen molar-refractivity contribution in [2.24, 2.45) is 5.92 Å². The van der Waals surface area contributed by atoms with Crippen molar-refractivity contribution in [3.8, 4) is 0 Å². The molecule has 0 aliphatic rings. The maximum atomic E-state index is 11.7. The van der Waals surface area contributed by atoms with Crippen LogP contribution in [-0.2, 0) is 4.79 Å². The summed E-state index contributed by atoms with van der Waals surface area (Å²) >= 11 is 0. The lowest BCUT2D eigenvalue weighted by Gasteiger charge is -2.06. The van der Waals surface area contributed by atoms with Crippen LogP contribution in [0, 0.1) is 5.92 Å². The fourth-order valence-electron chi connectivity index (χ4n) is 2.82. The molecule has 0 rings (SSSR count). The number of unbranched alkanes of at least 4 members (excludes halogenated alkanes) is 9. The Kier molecular flexibility index (Phi) is 17.3. The molecule has 1 amide bonds. The van der Waals surface area contributed by atoms with Crippen molar-refractivity contribution in [2.75, 3.05) is 20.1 Å². The van der Waals surface area contributed by atoms with Crippen molar-refractivity contribution in [3.05, 3.63) is 0 Å². The van der Waals surface area contributed by atoms with E-state index in [1.165, 1.54) is 64.2 Å². The Hall–Kier alpha value is -0.570. The smallest absolute Gasteiger partial charge is 0.219 e. The lowest BCUT2D eigenvalue weighted by atomic mass is 10.1. The third kappa shape index (κ3) is 19.4. The van der Waals surface area contributed by atoms with Gasteiger partial charge in [0.25, 0.3) is 0 Å². The standard InChI is InChI=1S/C20H42N2O/c1-19(2)15-12-14-18-22-20(23)16-11-9-7-5-4-6-8-10-13-17-21-3/h19,21H,4-18H2,1-3H3,(H,22,23). The average molecular weight is 327 g/mol. The normalized spacial score (nSPS) is 11.1. The minimum atomic E-state index is 0.249. The van der Waals surface area contributed by atoms with Crippen molar-refractivity contribution >= 4 is 5.91 Å². The van der Waals surface area contributed by atoms with Gasteiger partial charge >= 0.3 is 0 Å². The number of carbonyl (C=O) groups is 1. The van der Waals surface area contributed by atoms with Crippen LogP contribution in [0.15, 0.2) is 0 Å². The summed E-state index contributed by atoms with van der Waals surface area (Å²) in [6.45, 7) is 6.52. The third-order valence-electron chi connectivity index (χ3n) is 4.36. The molecule has 0 aromatic rings. The van der Waals surface area contributed by atoms with Crippen molar-refractivity contribution in [1.82, 2.24) is 10.6 Å². The largest absolute Gasteiger partial charge is 0.356 e. The second kappa shape index (κ2) is 17.8. The molecular weight excluding hydrogens is 284 g/mol. The average Bonchev–Trinajstić information content (AvgIpc) is 2.52. The Balaban J connectivity index is 3.14. The third-order valence-corrected chi connectivity index (χ3v) is 4.36. The molecule has 3 nitrogen and oxygen atoms in total. The highest BCUT2D eigenvalue weighted by atomic mass is 16.1. The maximum Gasteiger partial charge on any atom is 0.219 e. The first kappa shape index (κ1) is 22.4. The summed E-state index contributed by atoms with van der Waals surface area (Å²) in [5, 5.41) is 6.24. The Bertz CT molecular complexity index is 254. The molecule has 0 heterocycles. The highest BCUT2D eigenvalue weighted by molar-refractivity contribution is 5.75. The van der Waals surface area contributed by atoms with Crippen LogP contribution in [0.3, 0.4) is 0 Å². The molecule has 0 saturated heterocycles. The van der Waals surface area contributed by atoms with Gasteiger partial charge in [-0.05, 0) is 38.8 Å². The molecule has 138 valence electrons. The van der Waals surface area contributed by atoms with Gasteiger partial charge in [0.05, 0.1) is 0 Å². The van der Waals surface area contributed by atoms with Gasteiger partial charge in [-0.15, -0.1) is 0 Å². The lowest BCUT2D eigenvalue weighted by molar-refractivity contribution is -0.121. The van der Waals surface area contributed by atoms with E-state index in [0.717, 1.165) is 31.8 Å². The molecule has 0 spiro atoms. The molecule has 0 radical (unpaired) electrons. The molecule has 0 fully saturated rings. The van der Waals surface area contributed by atoms with Gasteiger partial charge in [0, 0.05) is 13.0 Å². The Morgan fingerprint density at radius 3 is 1.83 bits per heavy atom. The fraction of sp³-hybridized carbons (Fsp3) is 0.950. The molecule has 3 heteroatoms. The first-order valence-electron chi connectivity index (χ1n) is 10.1. The lowest BCUT2D eigenvalue weighted by Crippen LogP contribution is -2.24. The molecule has 0 bridgehead atoms. The molecule has 0 unspecified atom stereocenters. The predicted molar refractivity (Wildman–Crippen MR) is 102 cm³/mol. The Labute approximate surface area is 145 Å². The molecule has 0 aromatic heterocycles. The zero-order chi connectivity index (χ0) is 17.2. The summed E-state index contributed by atoms with van der Waals surface area (Å²) in [6.07, 6.45) is 16.0. The van der Waals surface area contributed by atoms with E-state index in [9.17, 15) is 4.79 Å². The maximum absolute atomic E-state index is 11.7. The number of hydrogen-bond acceptors (Lipinski definition) is 2. The summed E-state index contributed by atoms with van der Waals surface area (Å²) in [5.74, 6) is 1.03. The number of hydrogen-bond donors (Lipinski definition) is 2. The number of nitrogens with one attached hydrogen (secondary N) is 2. The van der Waals surface area contributed by atoms with Crippen LogP contribution in [0.2, 0.25) is 0 Å². The van der Waals surface area contributed by atoms with Crippen LogP contribution in [0.5, 0.6) is 0 Å². The van der Waals surface area contributed by atoms with Crippen LogP contribution in [0.1, 0.15) is 97.3 Å². The van der Waals surface area contributed by atoms with E-state index in [0.29, 0.717) is 6.42 Å². The zero-order valence-electron chi connectivity index (χ0n) is 16.1. The van der Waals surface area contributed by atoms with Crippen LogP contribution < -0.4 is 10.6 Å². The van der Waals surface area contributed by atoms with Crippen molar-refractivity contribution in [2.45, 2.75) is 97.3 Å². The van der Waals surface area contributed by atoms with Gasteiger partial charge in [-0.3, -0.25) is 4.79 Å². The quantitative estimate of drug-likeness (QED) is 0.367. The first-order chi connectivity index (χ1) is 11.2. The SMILES string of the molecule is CNCCCCCCCCCCCC(=O)NCCCCC(C)C. The minimum Gasteiger partial charge on any atom is -0.356 e. The van der Waals surface area contributed by atoms with Gasteiger partial charge < -0.3 is 10.6 Å². The van der Waals surface area contributed by atoms with Gasteiger partial charge in [0.2, 0.25) is 5.91 Å². The van der Waals surface area contributed by atoms with Crippen LogP contribution >= 0.6 is 0 Å². The summed E-state index contributed by atoms with van der Waals surface area (Å²) < 4.78 is 0. The van der Waals surface area contributed by atoms with Crippen LogP contribution in [-0.4, -0.2) is 26.0 Å². The van der Waals surface area contributed by atoms with Crippen molar-refractivity contribution in [1.29, 1.82) is 0 Å². The van der Waals surface area contributed by atoms with Crippen LogP contribution in [0.4, 0.5) is 0 Å². The van der Waals surface area contributed by atoms with Crippen LogP contribution in [0.25, 0.3) is 0 Å². The molecule has 2 N–H and O–H groups in total. The van der Waals surface area contributed by atoms with Gasteiger partial charge in [-0.2, -0.15) is 0 Å². The summed E-state index contributed by atoms with van der Waals surface area (Å²) in [7, 11) is 2.02. The van der Waals surface area contributed by atoms with Crippen molar-refractivity contribution < 1.29 is 4.79 Å². The van der Waals surface area contributed by atoms with Gasteiger partial charge in [-0.25, -0.2) is 0 Å². The molecule has 0 aromatic carbocycles. The minimum absolute atomic E-state index is 0.249. The molecule has 0 atom stereocenters.